The Morgan fingerprint density at radius 1 is 0.893 bits per heavy atom. The fourth-order valence-electron chi connectivity index (χ4n) is 3.68. The molecule has 0 unspecified atom stereocenters. The molecule has 5 heteroatoms. The summed E-state index contributed by atoms with van der Waals surface area (Å²) in [6.07, 6.45) is 2.97. The summed E-state index contributed by atoms with van der Waals surface area (Å²) < 4.78 is 0. The average molecular weight is 377 g/mol. The number of piperazine rings is 1. The number of hydrogen-bond acceptors (Lipinski definition) is 3. The van der Waals surface area contributed by atoms with E-state index in [9.17, 15) is 9.59 Å². The molecular weight excluding hydrogens is 350 g/mol. The second-order valence-electron chi connectivity index (χ2n) is 7.73. The van der Waals surface area contributed by atoms with Crippen LogP contribution in [0.1, 0.15) is 34.3 Å². The Morgan fingerprint density at radius 2 is 1.57 bits per heavy atom. The minimum absolute atomic E-state index is 0.0913. The summed E-state index contributed by atoms with van der Waals surface area (Å²) in [4.78, 5) is 29.2. The molecule has 2 aromatic rings. The number of amides is 2. The molecule has 146 valence electrons. The lowest BCUT2D eigenvalue weighted by Crippen LogP contribution is -2.51. The van der Waals surface area contributed by atoms with E-state index in [1.807, 2.05) is 47.4 Å². The highest BCUT2D eigenvalue weighted by Gasteiger charge is 2.27. The molecule has 0 radical (unpaired) electrons. The first kappa shape index (κ1) is 18.7. The maximum Gasteiger partial charge on any atom is 0.254 e. The van der Waals surface area contributed by atoms with E-state index in [0.29, 0.717) is 25.7 Å². The van der Waals surface area contributed by atoms with E-state index >= 15 is 0 Å². The third kappa shape index (κ3) is 4.78. The van der Waals surface area contributed by atoms with Gasteiger partial charge in [0.15, 0.2) is 0 Å². The van der Waals surface area contributed by atoms with Crippen molar-refractivity contribution in [2.45, 2.75) is 25.3 Å². The SMILES string of the molecule is O=C(CN1CCN(C(=O)c2ccccc2Cc2ccccc2)CC1)NC1CC1. The first-order valence-corrected chi connectivity index (χ1v) is 10.1. The summed E-state index contributed by atoms with van der Waals surface area (Å²) in [5.74, 6) is 0.198. The summed E-state index contributed by atoms with van der Waals surface area (Å²) in [7, 11) is 0. The van der Waals surface area contributed by atoms with Crippen LogP contribution in [0, 0.1) is 0 Å². The predicted octanol–water partition coefficient (Wildman–Crippen LogP) is 2.31. The zero-order chi connectivity index (χ0) is 19.3. The van der Waals surface area contributed by atoms with Crippen molar-refractivity contribution in [1.82, 2.24) is 15.1 Å². The molecule has 1 aliphatic carbocycles. The molecule has 2 aliphatic rings. The second-order valence-corrected chi connectivity index (χ2v) is 7.73. The smallest absolute Gasteiger partial charge is 0.254 e. The molecule has 0 bridgehead atoms. The largest absolute Gasteiger partial charge is 0.352 e. The molecule has 1 saturated heterocycles. The fourth-order valence-corrected chi connectivity index (χ4v) is 3.68. The van der Waals surface area contributed by atoms with Gasteiger partial charge in [0, 0.05) is 37.8 Å². The van der Waals surface area contributed by atoms with Gasteiger partial charge in [-0.15, -0.1) is 0 Å². The molecule has 5 nitrogen and oxygen atoms in total. The van der Waals surface area contributed by atoms with E-state index in [4.69, 9.17) is 0 Å². The predicted molar refractivity (Wildman–Crippen MR) is 109 cm³/mol. The lowest BCUT2D eigenvalue weighted by molar-refractivity contribution is -0.122. The van der Waals surface area contributed by atoms with Gasteiger partial charge in [0.1, 0.15) is 0 Å². The Hall–Kier alpha value is -2.66. The van der Waals surface area contributed by atoms with Crippen LogP contribution in [0.3, 0.4) is 0 Å². The van der Waals surface area contributed by atoms with Crippen molar-refractivity contribution in [2.24, 2.45) is 0 Å². The van der Waals surface area contributed by atoms with Crippen molar-refractivity contribution < 1.29 is 9.59 Å². The van der Waals surface area contributed by atoms with Gasteiger partial charge in [-0.2, -0.15) is 0 Å². The zero-order valence-electron chi connectivity index (χ0n) is 16.1. The van der Waals surface area contributed by atoms with Crippen molar-refractivity contribution in [3.8, 4) is 0 Å². The Balaban J connectivity index is 1.35. The van der Waals surface area contributed by atoms with Crippen LogP contribution in [0.15, 0.2) is 54.6 Å². The molecule has 2 aromatic carbocycles. The summed E-state index contributed by atoms with van der Waals surface area (Å²) >= 11 is 0. The molecule has 1 N–H and O–H groups in total. The standard InChI is InChI=1S/C23H27N3O2/c27-22(24-20-10-11-20)17-25-12-14-26(15-13-25)23(28)21-9-5-4-8-19(21)16-18-6-2-1-3-7-18/h1-9,20H,10-17H2,(H,24,27). The lowest BCUT2D eigenvalue weighted by atomic mass is 9.99. The van der Waals surface area contributed by atoms with Gasteiger partial charge in [-0.05, 0) is 36.5 Å². The summed E-state index contributed by atoms with van der Waals surface area (Å²) in [5.41, 5.74) is 3.05. The highest BCUT2D eigenvalue weighted by Crippen LogP contribution is 2.19. The maximum absolute atomic E-state index is 13.1. The minimum atomic E-state index is 0.0913. The Kier molecular flexibility index (Phi) is 5.72. The second kappa shape index (κ2) is 8.57. The number of nitrogens with one attached hydrogen (secondary N) is 1. The van der Waals surface area contributed by atoms with Gasteiger partial charge in [0.25, 0.3) is 5.91 Å². The van der Waals surface area contributed by atoms with Gasteiger partial charge < -0.3 is 10.2 Å². The molecule has 1 heterocycles. The molecule has 2 amide bonds. The molecule has 0 aromatic heterocycles. The van der Waals surface area contributed by atoms with Crippen LogP contribution >= 0.6 is 0 Å². The van der Waals surface area contributed by atoms with Crippen LogP contribution in [0.2, 0.25) is 0 Å². The number of carbonyl (C=O) groups excluding carboxylic acids is 2. The van der Waals surface area contributed by atoms with Gasteiger partial charge in [0.2, 0.25) is 5.91 Å². The van der Waals surface area contributed by atoms with E-state index < -0.39 is 0 Å². The quantitative estimate of drug-likeness (QED) is 0.841. The molecule has 1 aliphatic heterocycles. The Labute approximate surface area is 166 Å². The summed E-state index contributed by atoms with van der Waals surface area (Å²) in [6.45, 7) is 3.24. The molecule has 2 fully saturated rings. The van der Waals surface area contributed by atoms with Crippen molar-refractivity contribution in [2.75, 3.05) is 32.7 Å². The third-order valence-electron chi connectivity index (χ3n) is 5.45. The number of nitrogens with zero attached hydrogens (tertiary/aromatic N) is 2. The third-order valence-corrected chi connectivity index (χ3v) is 5.45. The van der Waals surface area contributed by atoms with E-state index in [1.54, 1.807) is 0 Å². The maximum atomic E-state index is 13.1. The molecule has 4 rings (SSSR count). The highest BCUT2D eigenvalue weighted by atomic mass is 16.2. The zero-order valence-corrected chi connectivity index (χ0v) is 16.1. The van der Waals surface area contributed by atoms with Crippen molar-refractivity contribution in [3.05, 3.63) is 71.3 Å². The lowest BCUT2D eigenvalue weighted by Gasteiger charge is -2.34. The number of carbonyl (C=O) groups is 2. The number of hydrogen-bond donors (Lipinski definition) is 1. The molecule has 1 saturated carbocycles. The first-order valence-electron chi connectivity index (χ1n) is 10.1. The number of benzene rings is 2. The minimum Gasteiger partial charge on any atom is -0.352 e. The van der Waals surface area contributed by atoms with Crippen molar-refractivity contribution in [1.29, 1.82) is 0 Å². The topological polar surface area (TPSA) is 52.7 Å². The first-order chi connectivity index (χ1) is 13.7. The van der Waals surface area contributed by atoms with Crippen LogP contribution in [0.5, 0.6) is 0 Å². The van der Waals surface area contributed by atoms with E-state index in [-0.39, 0.29) is 11.8 Å². The van der Waals surface area contributed by atoms with E-state index in [0.717, 1.165) is 43.5 Å². The van der Waals surface area contributed by atoms with Crippen LogP contribution in [0.25, 0.3) is 0 Å². The summed E-state index contributed by atoms with van der Waals surface area (Å²) in [5, 5.41) is 3.03. The van der Waals surface area contributed by atoms with Gasteiger partial charge in [-0.25, -0.2) is 0 Å². The van der Waals surface area contributed by atoms with E-state index in [1.165, 1.54) is 5.56 Å². The van der Waals surface area contributed by atoms with Crippen LogP contribution in [-0.2, 0) is 11.2 Å². The van der Waals surface area contributed by atoms with Crippen LogP contribution in [-0.4, -0.2) is 60.4 Å². The summed E-state index contributed by atoms with van der Waals surface area (Å²) in [6, 6.07) is 18.5. The number of rotatable bonds is 6. The molecule has 0 atom stereocenters. The van der Waals surface area contributed by atoms with Crippen molar-refractivity contribution >= 4 is 11.8 Å². The molecule has 0 spiro atoms. The van der Waals surface area contributed by atoms with Crippen LogP contribution in [0.4, 0.5) is 0 Å². The normalized spacial score (nSPS) is 17.4. The van der Waals surface area contributed by atoms with E-state index in [2.05, 4.69) is 22.3 Å². The van der Waals surface area contributed by atoms with Crippen LogP contribution < -0.4 is 5.32 Å². The monoisotopic (exact) mass is 377 g/mol. The van der Waals surface area contributed by atoms with Gasteiger partial charge in [-0.1, -0.05) is 48.5 Å². The molecular formula is C23H27N3O2. The van der Waals surface area contributed by atoms with Gasteiger partial charge >= 0.3 is 0 Å². The van der Waals surface area contributed by atoms with Crippen molar-refractivity contribution in [3.63, 3.8) is 0 Å². The molecule has 28 heavy (non-hydrogen) atoms. The highest BCUT2D eigenvalue weighted by molar-refractivity contribution is 5.96. The van der Waals surface area contributed by atoms with Gasteiger partial charge in [0.05, 0.1) is 6.54 Å². The fraction of sp³-hybridized carbons (Fsp3) is 0.391. The van der Waals surface area contributed by atoms with Gasteiger partial charge in [-0.3, -0.25) is 14.5 Å². The average Bonchev–Trinajstić information content (AvgIpc) is 3.53. The Morgan fingerprint density at radius 3 is 2.29 bits per heavy atom. The Bertz CT molecular complexity index is 825.